The number of aromatic nitrogens is 1. The second-order valence-electron chi connectivity index (χ2n) is 3.20. The van der Waals surface area contributed by atoms with Gasteiger partial charge in [0.1, 0.15) is 5.69 Å². The van der Waals surface area contributed by atoms with E-state index >= 15 is 0 Å². The van der Waals surface area contributed by atoms with Crippen LogP contribution in [0.15, 0.2) is 12.1 Å². The van der Waals surface area contributed by atoms with Crippen LogP contribution in [0.1, 0.15) is 41.5 Å². The standard InChI is InChI=1S/C11H15NO/c1-3-4-5-10-6-7-11(8-13)12-9(10)2/h6-8H,3-5H2,1-2H3. The SMILES string of the molecule is CCCCc1ccc(C=O)nc1C. The van der Waals surface area contributed by atoms with Gasteiger partial charge in [-0.25, -0.2) is 0 Å². The average molecular weight is 177 g/mol. The van der Waals surface area contributed by atoms with Crippen molar-refractivity contribution in [1.82, 2.24) is 4.98 Å². The van der Waals surface area contributed by atoms with Crippen LogP contribution in [-0.4, -0.2) is 11.3 Å². The number of aldehydes is 1. The Morgan fingerprint density at radius 1 is 1.46 bits per heavy atom. The topological polar surface area (TPSA) is 30.0 Å². The molecule has 0 atom stereocenters. The second kappa shape index (κ2) is 4.75. The summed E-state index contributed by atoms with van der Waals surface area (Å²) in [6, 6.07) is 3.78. The fraction of sp³-hybridized carbons (Fsp3) is 0.455. The van der Waals surface area contributed by atoms with Gasteiger partial charge in [-0.2, -0.15) is 0 Å². The smallest absolute Gasteiger partial charge is 0.168 e. The van der Waals surface area contributed by atoms with Crippen LogP contribution in [-0.2, 0) is 6.42 Å². The van der Waals surface area contributed by atoms with Crippen LogP contribution in [0.25, 0.3) is 0 Å². The normalized spacial score (nSPS) is 10.0. The van der Waals surface area contributed by atoms with Gasteiger partial charge in [-0.3, -0.25) is 9.78 Å². The Hall–Kier alpha value is -1.18. The molecule has 0 bridgehead atoms. The Balaban J connectivity index is 2.79. The predicted molar refractivity (Wildman–Crippen MR) is 53.0 cm³/mol. The van der Waals surface area contributed by atoms with Crippen LogP contribution in [0.3, 0.4) is 0 Å². The van der Waals surface area contributed by atoms with Crippen molar-refractivity contribution in [2.45, 2.75) is 33.1 Å². The van der Waals surface area contributed by atoms with Crippen molar-refractivity contribution >= 4 is 6.29 Å². The minimum Gasteiger partial charge on any atom is -0.296 e. The molecule has 0 aliphatic rings. The van der Waals surface area contributed by atoms with E-state index in [1.54, 1.807) is 6.07 Å². The number of pyridine rings is 1. The van der Waals surface area contributed by atoms with Crippen molar-refractivity contribution < 1.29 is 4.79 Å². The van der Waals surface area contributed by atoms with E-state index in [0.29, 0.717) is 5.69 Å². The molecule has 0 aliphatic carbocycles. The molecule has 0 unspecified atom stereocenters. The molecule has 2 heteroatoms. The fourth-order valence-electron chi connectivity index (χ4n) is 1.31. The van der Waals surface area contributed by atoms with E-state index in [1.165, 1.54) is 18.4 Å². The van der Waals surface area contributed by atoms with Gasteiger partial charge >= 0.3 is 0 Å². The van der Waals surface area contributed by atoms with Gasteiger partial charge in [0, 0.05) is 5.69 Å². The quantitative estimate of drug-likeness (QED) is 0.661. The molecule has 0 saturated heterocycles. The minimum atomic E-state index is 0.526. The lowest BCUT2D eigenvalue weighted by molar-refractivity contribution is 0.111. The third-order valence-electron chi connectivity index (χ3n) is 2.14. The molecular weight excluding hydrogens is 162 g/mol. The summed E-state index contributed by atoms with van der Waals surface area (Å²) < 4.78 is 0. The largest absolute Gasteiger partial charge is 0.296 e. The summed E-state index contributed by atoms with van der Waals surface area (Å²) in [4.78, 5) is 14.6. The summed E-state index contributed by atoms with van der Waals surface area (Å²) in [6.45, 7) is 4.13. The summed E-state index contributed by atoms with van der Waals surface area (Å²) >= 11 is 0. The number of rotatable bonds is 4. The van der Waals surface area contributed by atoms with Crippen LogP contribution in [0.4, 0.5) is 0 Å². The van der Waals surface area contributed by atoms with Gasteiger partial charge in [-0.15, -0.1) is 0 Å². The molecule has 0 saturated carbocycles. The van der Waals surface area contributed by atoms with E-state index in [0.717, 1.165) is 18.4 Å². The van der Waals surface area contributed by atoms with Crippen LogP contribution < -0.4 is 0 Å². The van der Waals surface area contributed by atoms with Crippen molar-refractivity contribution in [2.75, 3.05) is 0 Å². The molecule has 13 heavy (non-hydrogen) atoms. The first-order chi connectivity index (χ1) is 6.27. The number of nitrogens with zero attached hydrogens (tertiary/aromatic N) is 1. The highest BCUT2D eigenvalue weighted by Gasteiger charge is 2.00. The lowest BCUT2D eigenvalue weighted by atomic mass is 10.1. The van der Waals surface area contributed by atoms with E-state index in [1.807, 2.05) is 13.0 Å². The summed E-state index contributed by atoms with van der Waals surface area (Å²) in [6.07, 6.45) is 4.23. The highest BCUT2D eigenvalue weighted by molar-refractivity contribution is 5.71. The zero-order valence-corrected chi connectivity index (χ0v) is 8.21. The third-order valence-corrected chi connectivity index (χ3v) is 2.14. The summed E-state index contributed by atoms with van der Waals surface area (Å²) in [7, 11) is 0. The molecule has 0 amide bonds. The third kappa shape index (κ3) is 2.65. The molecule has 1 heterocycles. The van der Waals surface area contributed by atoms with Gasteiger partial charge in [-0.05, 0) is 31.4 Å². The van der Waals surface area contributed by atoms with Gasteiger partial charge in [0.05, 0.1) is 0 Å². The molecule has 0 fully saturated rings. The molecule has 70 valence electrons. The molecule has 1 aromatic rings. The van der Waals surface area contributed by atoms with Crippen LogP contribution >= 0.6 is 0 Å². The van der Waals surface area contributed by atoms with E-state index in [4.69, 9.17) is 0 Å². The maximum atomic E-state index is 10.4. The van der Waals surface area contributed by atoms with Gasteiger partial charge < -0.3 is 0 Å². The molecule has 0 spiro atoms. The first kappa shape index (κ1) is 9.90. The van der Waals surface area contributed by atoms with Gasteiger partial charge in [0.15, 0.2) is 6.29 Å². The number of aryl methyl sites for hydroxylation is 2. The number of hydrogen-bond acceptors (Lipinski definition) is 2. The average Bonchev–Trinajstić information content (AvgIpc) is 2.16. The predicted octanol–water partition coefficient (Wildman–Crippen LogP) is 2.55. The molecule has 0 aromatic carbocycles. The molecule has 0 aliphatic heterocycles. The summed E-state index contributed by atoms with van der Waals surface area (Å²) in [5.41, 5.74) is 2.77. The molecule has 2 nitrogen and oxygen atoms in total. The van der Waals surface area contributed by atoms with Crippen molar-refractivity contribution in [3.05, 3.63) is 29.1 Å². The molecule has 0 N–H and O–H groups in total. The first-order valence-corrected chi connectivity index (χ1v) is 4.69. The fourth-order valence-corrected chi connectivity index (χ4v) is 1.31. The Labute approximate surface area is 79.0 Å². The van der Waals surface area contributed by atoms with Crippen molar-refractivity contribution in [2.24, 2.45) is 0 Å². The lowest BCUT2D eigenvalue weighted by Crippen LogP contribution is -1.96. The Bertz CT molecular complexity index is 294. The van der Waals surface area contributed by atoms with Crippen molar-refractivity contribution in [3.63, 3.8) is 0 Å². The number of unbranched alkanes of at least 4 members (excludes halogenated alkanes) is 1. The highest BCUT2D eigenvalue weighted by Crippen LogP contribution is 2.09. The Morgan fingerprint density at radius 2 is 2.23 bits per heavy atom. The van der Waals surface area contributed by atoms with E-state index in [9.17, 15) is 4.79 Å². The van der Waals surface area contributed by atoms with Crippen molar-refractivity contribution in [1.29, 1.82) is 0 Å². The van der Waals surface area contributed by atoms with E-state index in [2.05, 4.69) is 11.9 Å². The minimum absolute atomic E-state index is 0.526. The maximum Gasteiger partial charge on any atom is 0.168 e. The number of carbonyl (C=O) groups is 1. The Morgan fingerprint density at radius 3 is 2.77 bits per heavy atom. The molecule has 1 rings (SSSR count). The highest BCUT2D eigenvalue weighted by atomic mass is 16.1. The monoisotopic (exact) mass is 177 g/mol. The molecule has 1 aromatic heterocycles. The number of hydrogen-bond donors (Lipinski definition) is 0. The summed E-state index contributed by atoms with van der Waals surface area (Å²) in [5.74, 6) is 0. The summed E-state index contributed by atoms with van der Waals surface area (Å²) in [5, 5.41) is 0. The van der Waals surface area contributed by atoms with E-state index in [-0.39, 0.29) is 0 Å². The van der Waals surface area contributed by atoms with Crippen LogP contribution in [0.2, 0.25) is 0 Å². The second-order valence-corrected chi connectivity index (χ2v) is 3.20. The zero-order valence-electron chi connectivity index (χ0n) is 8.21. The first-order valence-electron chi connectivity index (χ1n) is 4.69. The van der Waals surface area contributed by atoms with Gasteiger partial charge in [0.25, 0.3) is 0 Å². The zero-order chi connectivity index (χ0) is 9.68. The Kier molecular flexibility index (Phi) is 3.62. The number of carbonyl (C=O) groups excluding carboxylic acids is 1. The van der Waals surface area contributed by atoms with Gasteiger partial charge in [0.2, 0.25) is 0 Å². The van der Waals surface area contributed by atoms with Crippen LogP contribution in [0.5, 0.6) is 0 Å². The van der Waals surface area contributed by atoms with Crippen LogP contribution in [0, 0.1) is 6.92 Å². The van der Waals surface area contributed by atoms with Crippen molar-refractivity contribution in [3.8, 4) is 0 Å². The van der Waals surface area contributed by atoms with E-state index < -0.39 is 0 Å². The maximum absolute atomic E-state index is 10.4. The van der Waals surface area contributed by atoms with Gasteiger partial charge in [-0.1, -0.05) is 19.4 Å². The molecular formula is C11H15NO. The lowest BCUT2D eigenvalue weighted by Gasteiger charge is -2.03. The molecule has 0 radical (unpaired) electrons.